The summed E-state index contributed by atoms with van der Waals surface area (Å²) in [4.78, 5) is 3.37. The van der Waals surface area contributed by atoms with Crippen molar-refractivity contribution in [1.29, 1.82) is 0 Å². The SMILES string of the molecule is c1ccc2c(c1)Cc1ccc-2[nH]1. The molecule has 2 aromatic rings. The number of hydrogen-bond donors (Lipinski definition) is 1. The van der Waals surface area contributed by atoms with E-state index < -0.39 is 0 Å². The zero-order chi connectivity index (χ0) is 7.97. The van der Waals surface area contributed by atoms with E-state index >= 15 is 0 Å². The van der Waals surface area contributed by atoms with Crippen molar-refractivity contribution in [3.05, 3.63) is 47.7 Å². The van der Waals surface area contributed by atoms with Gasteiger partial charge in [0.25, 0.3) is 0 Å². The molecule has 58 valence electrons. The van der Waals surface area contributed by atoms with Crippen molar-refractivity contribution in [3.63, 3.8) is 0 Å². The Morgan fingerprint density at radius 1 is 1.00 bits per heavy atom. The molecule has 0 fully saturated rings. The predicted molar refractivity (Wildman–Crippen MR) is 49.0 cm³/mol. The van der Waals surface area contributed by atoms with Crippen LogP contribution in [0.2, 0.25) is 0 Å². The average Bonchev–Trinajstić information content (AvgIpc) is 2.49. The van der Waals surface area contributed by atoms with Gasteiger partial charge in [-0.25, -0.2) is 0 Å². The van der Waals surface area contributed by atoms with Crippen LogP contribution in [0, 0.1) is 0 Å². The van der Waals surface area contributed by atoms with E-state index in [1.165, 1.54) is 22.5 Å². The zero-order valence-electron chi connectivity index (χ0n) is 6.67. The van der Waals surface area contributed by atoms with E-state index in [1.807, 2.05) is 0 Å². The van der Waals surface area contributed by atoms with E-state index in [0.29, 0.717) is 0 Å². The Labute approximate surface area is 71.1 Å². The van der Waals surface area contributed by atoms with E-state index in [0.717, 1.165) is 6.42 Å². The molecule has 0 amide bonds. The van der Waals surface area contributed by atoms with Crippen LogP contribution in [0.5, 0.6) is 0 Å². The summed E-state index contributed by atoms with van der Waals surface area (Å²) in [5.41, 5.74) is 5.37. The summed E-state index contributed by atoms with van der Waals surface area (Å²) in [5, 5.41) is 0. The highest BCUT2D eigenvalue weighted by Crippen LogP contribution is 2.29. The molecule has 0 radical (unpaired) electrons. The molecule has 1 heteroatoms. The standard InChI is InChI=1S/C11H9N/c1-2-4-10-8(3-1)7-9-5-6-11(10)12-9/h1-6,12H,7H2. The molecule has 1 aromatic heterocycles. The first-order valence-electron chi connectivity index (χ1n) is 4.20. The van der Waals surface area contributed by atoms with Crippen molar-refractivity contribution in [1.82, 2.24) is 4.98 Å². The van der Waals surface area contributed by atoms with Crippen molar-refractivity contribution < 1.29 is 0 Å². The highest BCUT2D eigenvalue weighted by Gasteiger charge is 2.12. The normalized spacial score (nSPS) is 12.7. The van der Waals surface area contributed by atoms with Crippen LogP contribution in [0.4, 0.5) is 0 Å². The summed E-state index contributed by atoms with van der Waals surface area (Å²) < 4.78 is 0. The van der Waals surface area contributed by atoms with E-state index in [1.54, 1.807) is 0 Å². The summed E-state index contributed by atoms with van der Waals surface area (Å²) in [5.74, 6) is 0. The molecular weight excluding hydrogens is 146 g/mol. The van der Waals surface area contributed by atoms with Gasteiger partial charge in [0.15, 0.2) is 0 Å². The number of fused-ring (bicyclic) bond motifs is 4. The lowest BCUT2D eigenvalue weighted by Crippen LogP contribution is -1.96. The summed E-state index contributed by atoms with van der Waals surface area (Å²) in [7, 11) is 0. The Hall–Kier alpha value is -1.50. The predicted octanol–water partition coefficient (Wildman–Crippen LogP) is 2.59. The monoisotopic (exact) mass is 155 g/mol. The van der Waals surface area contributed by atoms with Gasteiger partial charge in [0.2, 0.25) is 0 Å². The topological polar surface area (TPSA) is 15.8 Å². The van der Waals surface area contributed by atoms with Gasteiger partial charge in [0.05, 0.1) is 0 Å². The number of hydrogen-bond acceptors (Lipinski definition) is 0. The molecule has 12 heavy (non-hydrogen) atoms. The van der Waals surface area contributed by atoms with Gasteiger partial charge < -0.3 is 4.98 Å². The Bertz CT molecular complexity index is 426. The van der Waals surface area contributed by atoms with Crippen molar-refractivity contribution >= 4 is 0 Å². The molecule has 0 saturated heterocycles. The highest BCUT2D eigenvalue weighted by atomic mass is 14.7. The number of benzene rings is 1. The van der Waals surface area contributed by atoms with E-state index in [2.05, 4.69) is 41.4 Å². The second-order valence-electron chi connectivity index (χ2n) is 3.23. The van der Waals surface area contributed by atoms with E-state index in [-0.39, 0.29) is 0 Å². The van der Waals surface area contributed by atoms with Gasteiger partial charge in [-0.15, -0.1) is 0 Å². The first kappa shape index (κ1) is 6.06. The summed E-state index contributed by atoms with van der Waals surface area (Å²) in [6, 6.07) is 12.9. The smallest absolute Gasteiger partial charge is 0.0459 e. The number of aromatic nitrogens is 1. The first-order valence-corrected chi connectivity index (χ1v) is 4.20. The van der Waals surface area contributed by atoms with Crippen LogP contribution in [-0.2, 0) is 6.42 Å². The number of H-pyrrole nitrogens is 1. The third kappa shape index (κ3) is 0.681. The number of nitrogens with one attached hydrogen (secondary N) is 1. The van der Waals surface area contributed by atoms with Crippen molar-refractivity contribution in [3.8, 4) is 11.3 Å². The molecule has 2 heterocycles. The Kier molecular flexibility index (Phi) is 1.01. The maximum Gasteiger partial charge on any atom is 0.0459 e. The third-order valence-corrected chi connectivity index (χ3v) is 2.43. The lowest BCUT2D eigenvalue weighted by Gasteiger charge is -2.11. The van der Waals surface area contributed by atoms with Crippen LogP contribution in [-0.4, -0.2) is 4.98 Å². The summed E-state index contributed by atoms with van der Waals surface area (Å²) >= 11 is 0. The molecular formula is C11H9N. The molecule has 0 aliphatic carbocycles. The summed E-state index contributed by atoms with van der Waals surface area (Å²) in [6.07, 6.45) is 1.05. The van der Waals surface area contributed by atoms with Gasteiger partial charge in [-0.1, -0.05) is 24.3 Å². The van der Waals surface area contributed by atoms with Gasteiger partial charge >= 0.3 is 0 Å². The van der Waals surface area contributed by atoms with Gasteiger partial charge in [-0.2, -0.15) is 0 Å². The molecule has 0 saturated carbocycles. The lowest BCUT2D eigenvalue weighted by molar-refractivity contribution is 1.08. The fourth-order valence-corrected chi connectivity index (χ4v) is 1.84. The van der Waals surface area contributed by atoms with E-state index in [4.69, 9.17) is 0 Å². The maximum atomic E-state index is 3.37. The molecule has 0 unspecified atom stereocenters. The van der Waals surface area contributed by atoms with Crippen LogP contribution in [0.1, 0.15) is 11.3 Å². The van der Waals surface area contributed by atoms with Crippen molar-refractivity contribution in [2.75, 3.05) is 0 Å². The number of aromatic amines is 1. The minimum Gasteiger partial charge on any atom is -0.358 e. The van der Waals surface area contributed by atoms with Gasteiger partial charge in [-0.05, 0) is 17.7 Å². The quantitative estimate of drug-likeness (QED) is 0.513. The minimum absolute atomic E-state index is 1.05. The van der Waals surface area contributed by atoms with Crippen LogP contribution >= 0.6 is 0 Å². The molecule has 0 atom stereocenters. The average molecular weight is 155 g/mol. The molecule has 1 N–H and O–H groups in total. The van der Waals surface area contributed by atoms with E-state index in [9.17, 15) is 0 Å². The summed E-state index contributed by atoms with van der Waals surface area (Å²) in [6.45, 7) is 0. The second kappa shape index (κ2) is 2.01. The largest absolute Gasteiger partial charge is 0.358 e. The highest BCUT2D eigenvalue weighted by molar-refractivity contribution is 5.67. The van der Waals surface area contributed by atoms with Crippen LogP contribution in [0.25, 0.3) is 11.3 Å². The molecule has 1 aromatic carbocycles. The first-order chi connectivity index (χ1) is 5.93. The third-order valence-electron chi connectivity index (χ3n) is 2.43. The Morgan fingerprint density at radius 3 is 2.92 bits per heavy atom. The van der Waals surface area contributed by atoms with Crippen LogP contribution in [0.15, 0.2) is 36.4 Å². The maximum absolute atomic E-state index is 3.37. The molecule has 1 aliphatic rings. The van der Waals surface area contributed by atoms with Gasteiger partial charge in [0.1, 0.15) is 0 Å². The number of rotatable bonds is 0. The molecule has 1 nitrogen and oxygen atoms in total. The molecule has 3 rings (SSSR count). The van der Waals surface area contributed by atoms with Crippen LogP contribution in [0.3, 0.4) is 0 Å². The molecule has 0 spiro atoms. The molecule has 2 bridgehead atoms. The van der Waals surface area contributed by atoms with Crippen molar-refractivity contribution in [2.24, 2.45) is 0 Å². The second-order valence-corrected chi connectivity index (χ2v) is 3.23. The van der Waals surface area contributed by atoms with Gasteiger partial charge in [-0.3, -0.25) is 0 Å². The lowest BCUT2D eigenvalue weighted by atomic mass is 10.0. The van der Waals surface area contributed by atoms with Crippen LogP contribution < -0.4 is 0 Å². The fraction of sp³-hybridized carbons (Fsp3) is 0.0909. The minimum atomic E-state index is 1.05. The Morgan fingerprint density at radius 2 is 1.92 bits per heavy atom. The Balaban J connectivity index is 2.36. The van der Waals surface area contributed by atoms with Gasteiger partial charge in [0, 0.05) is 23.4 Å². The zero-order valence-corrected chi connectivity index (χ0v) is 6.67. The van der Waals surface area contributed by atoms with Crippen molar-refractivity contribution in [2.45, 2.75) is 6.42 Å². The fourth-order valence-electron chi connectivity index (χ4n) is 1.84. The molecule has 1 aliphatic heterocycles.